The molecule has 1 saturated carbocycles. The number of hydrogen-bond acceptors (Lipinski definition) is 5. The quantitative estimate of drug-likeness (QED) is 0.798. The zero-order valence-corrected chi connectivity index (χ0v) is 14.6. The molecule has 1 aromatic rings. The van der Waals surface area contributed by atoms with Crippen molar-refractivity contribution in [3.8, 4) is 0 Å². The Balaban J connectivity index is 1.63. The van der Waals surface area contributed by atoms with E-state index < -0.39 is 0 Å². The Morgan fingerprint density at radius 3 is 2.78 bits per heavy atom. The minimum atomic E-state index is -0.326. The molecule has 2 amide bonds. The highest BCUT2D eigenvalue weighted by Gasteiger charge is 2.18. The molecule has 0 spiro atoms. The minimum absolute atomic E-state index is 0.00231. The van der Waals surface area contributed by atoms with E-state index in [2.05, 4.69) is 15.8 Å². The molecule has 0 bridgehead atoms. The average Bonchev–Trinajstić information content (AvgIpc) is 2.96. The fourth-order valence-corrected chi connectivity index (χ4v) is 3.34. The number of carbonyl (C=O) groups is 2. The Bertz CT molecular complexity index is 526. The normalized spacial score (nSPS) is 16.8. The third-order valence-corrected chi connectivity index (χ3v) is 5.17. The molecule has 23 heavy (non-hydrogen) atoms. The van der Waals surface area contributed by atoms with Gasteiger partial charge >= 0.3 is 0 Å². The molecule has 1 heterocycles. The summed E-state index contributed by atoms with van der Waals surface area (Å²) < 4.78 is 4.90. The van der Waals surface area contributed by atoms with Crippen LogP contribution < -0.4 is 10.6 Å². The number of hydrogen-bond donors (Lipinski definition) is 2. The van der Waals surface area contributed by atoms with Crippen molar-refractivity contribution in [1.82, 2.24) is 10.5 Å². The van der Waals surface area contributed by atoms with Crippen LogP contribution in [0.2, 0.25) is 0 Å². The molecule has 0 saturated heterocycles. The number of nitrogens with zero attached hydrogens (tertiary/aromatic N) is 1. The lowest BCUT2D eigenvalue weighted by molar-refractivity contribution is -0.118. The summed E-state index contributed by atoms with van der Waals surface area (Å²) in [6, 6.07) is 1.66. The van der Waals surface area contributed by atoms with Crippen LogP contribution in [-0.4, -0.2) is 34.5 Å². The number of rotatable bonds is 7. The third-order valence-electron chi connectivity index (χ3n) is 4.03. The van der Waals surface area contributed by atoms with Crippen LogP contribution in [0.25, 0.3) is 0 Å². The van der Waals surface area contributed by atoms with E-state index in [1.165, 1.54) is 43.9 Å². The maximum absolute atomic E-state index is 12.0. The van der Waals surface area contributed by atoms with Gasteiger partial charge in [-0.1, -0.05) is 24.4 Å². The molecule has 1 fully saturated rings. The third kappa shape index (κ3) is 6.25. The predicted molar refractivity (Wildman–Crippen MR) is 91.4 cm³/mol. The maximum atomic E-state index is 12.0. The van der Waals surface area contributed by atoms with Gasteiger partial charge < -0.3 is 15.2 Å². The van der Waals surface area contributed by atoms with E-state index in [1.807, 2.05) is 0 Å². The number of nitrogens with one attached hydrogen (secondary N) is 2. The molecule has 1 unspecified atom stereocenters. The van der Waals surface area contributed by atoms with E-state index in [0.29, 0.717) is 23.2 Å². The first-order chi connectivity index (χ1) is 11.0. The number of aromatic nitrogens is 1. The summed E-state index contributed by atoms with van der Waals surface area (Å²) in [6.07, 6.45) is 6.28. The van der Waals surface area contributed by atoms with Crippen molar-refractivity contribution in [3.63, 3.8) is 0 Å². The fourth-order valence-electron chi connectivity index (χ4n) is 2.63. The molecule has 1 aliphatic rings. The summed E-state index contributed by atoms with van der Waals surface area (Å²) in [5.41, 5.74) is 0. The lowest BCUT2D eigenvalue weighted by Gasteiger charge is -2.21. The van der Waals surface area contributed by atoms with Gasteiger partial charge in [-0.25, -0.2) is 0 Å². The summed E-state index contributed by atoms with van der Waals surface area (Å²) in [4.78, 5) is 23.9. The first-order valence-corrected chi connectivity index (χ1v) is 9.22. The van der Waals surface area contributed by atoms with Crippen LogP contribution in [0.1, 0.15) is 44.8 Å². The summed E-state index contributed by atoms with van der Waals surface area (Å²) in [6.45, 7) is 4.30. The van der Waals surface area contributed by atoms with Crippen LogP contribution in [0, 0.1) is 12.8 Å². The molecule has 1 atom stereocenters. The van der Waals surface area contributed by atoms with Gasteiger partial charge in [0.2, 0.25) is 11.8 Å². The lowest BCUT2D eigenvalue weighted by atomic mass is 9.89. The van der Waals surface area contributed by atoms with Crippen molar-refractivity contribution in [3.05, 3.63) is 11.8 Å². The van der Waals surface area contributed by atoms with Gasteiger partial charge in [-0.2, -0.15) is 0 Å². The molecule has 0 aromatic carbocycles. The second kappa shape index (κ2) is 8.96. The Hall–Kier alpha value is -1.50. The second-order valence-electron chi connectivity index (χ2n) is 6.07. The van der Waals surface area contributed by atoms with Gasteiger partial charge in [0.05, 0.1) is 11.0 Å². The van der Waals surface area contributed by atoms with E-state index in [1.54, 1.807) is 19.9 Å². The number of thioether (sulfide) groups is 1. The first kappa shape index (κ1) is 17.8. The van der Waals surface area contributed by atoms with E-state index in [0.717, 1.165) is 6.54 Å². The number of amides is 2. The number of anilines is 1. The summed E-state index contributed by atoms with van der Waals surface area (Å²) >= 11 is 1.32. The Kier molecular flexibility index (Phi) is 6.95. The summed E-state index contributed by atoms with van der Waals surface area (Å²) in [7, 11) is 0. The van der Waals surface area contributed by atoms with Crippen LogP contribution in [0.5, 0.6) is 0 Å². The smallest absolute Gasteiger partial charge is 0.238 e. The molecule has 2 N–H and O–H groups in total. The van der Waals surface area contributed by atoms with E-state index >= 15 is 0 Å². The topological polar surface area (TPSA) is 84.2 Å². The van der Waals surface area contributed by atoms with Crippen molar-refractivity contribution >= 4 is 29.4 Å². The van der Waals surface area contributed by atoms with Crippen LogP contribution in [0.4, 0.5) is 5.82 Å². The SMILES string of the molecule is Cc1cc(NC(=O)C(C)SCC(=O)NCC2CCCCC2)no1. The minimum Gasteiger partial charge on any atom is -0.360 e. The molecule has 7 heteroatoms. The maximum Gasteiger partial charge on any atom is 0.238 e. The highest BCUT2D eigenvalue weighted by Crippen LogP contribution is 2.22. The van der Waals surface area contributed by atoms with Gasteiger partial charge in [0, 0.05) is 12.6 Å². The van der Waals surface area contributed by atoms with Gasteiger partial charge in [0.15, 0.2) is 5.82 Å². The molecular formula is C16H25N3O3S. The highest BCUT2D eigenvalue weighted by atomic mass is 32.2. The molecule has 2 rings (SSSR count). The van der Waals surface area contributed by atoms with Gasteiger partial charge in [0.25, 0.3) is 0 Å². The molecule has 128 valence electrons. The highest BCUT2D eigenvalue weighted by molar-refractivity contribution is 8.01. The number of carbonyl (C=O) groups excluding carboxylic acids is 2. The van der Waals surface area contributed by atoms with Crippen molar-refractivity contribution in [2.45, 2.75) is 51.2 Å². The molecule has 1 aliphatic carbocycles. The average molecular weight is 339 g/mol. The largest absolute Gasteiger partial charge is 0.360 e. The van der Waals surface area contributed by atoms with Gasteiger partial charge in [-0.05, 0) is 32.6 Å². The Morgan fingerprint density at radius 2 is 2.13 bits per heavy atom. The summed E-state index contributed by atoms with van der Waals surface area (Å²) in [5.74, 6) is 1.78. The monoisotopic (exact) mass is 339 g/mol. The summed E-state index contributed by atoms with van der Waals surface area (Å²) in [5, 5.41) is 9.05. The van der Waals surface area contributed by atoms with E-state index in [9.17, 15) is 9.59 Å². The van der Waals surface area contributed by atoms with Crippen molar-refractivity contribution in [2.75, 3.05) is 17.6 Å². The number of aryl methyl sites for hydroxylation is 1. The van der Waals surface area contributed by atoms with Gasteiger partial charge in [-0.3, -0.25) is 9.59 Å². The Morgan fingerprint density at radius 1 is 1.39 bits per heavy atom. The lowest BCUT2D eigenvalue weighted by Crippen LogP contribution is -2.32. The molecule has 1 aromatic heterocycles. The van der Waals surface area contributed by atoms with Crippen LogP contribution >= 0.6 is 11.8 Å². The fraction of sp³-hybridized carbons (Fsp3) is 0.688. The molecule has 0 radical (unpaired) electrons. The molecular weight excluding hydrogens is 314 g/mol. The van der Waals surface area contributed by atoms with Crippen molar-refractivity contribution in [2.24, 2.45) is 5.92 Å². The van der Waals surface area contributed by atoms with E-state index in [-0.39, 0.29) is 17.1 Å². The molecule has 6 nitrogen and oxygen atoms in total. The zero-order valence-electron chi connectivity index (χ0n) is 13.8. The first-order valence-electron chi connectivity index (χ1n) is 8.17. The zero-order chi connectivity index (χ0) is 16.7. The predicted octanol–water partition coefficient (Wildman–Crippen LogP) is 2.74. The van der Waals surface area contributed by atoms with Crippen LogP contribution in [-0.2, 0) is 9.59 Å². The standard InChI is InChI=1S/C16H25N3O3S/c1-11-8-14(19-22-11)18-16(21)12(2)23-10-15(20)17-9-13-6-4-3-5-7-13/h8,12-13H,3-7,9-10H2,1-2H3,(H,17,20)(H,18,19,21). The Labute approximate surface area is 141 Å². The van der Waals surface area contributed by atoms with Crippen LogP contribution in [0.3, 0.4) is 0 Å². The van der Waals surface area contributed by atoms with Crippen molar-refractivity contribution < 1.29 is 14.1 Å². The van der Waals surface area contributed by atoms with Gasteiger partial charge in [-0.15, -0.1) is 11.8 Å². The second-order valence-corrected chi connectivity index (χ2v) is 7.40. The van der Waals surface area contributed by atoms with Gasteiger partial charge in [0.1, 0.15) is 5.76 Å². The molecule has 0 aliphatic heterocycles. The van der Waals surface area contributed by atoms with Crippen molar-refractivity contribution in [1.29, 1.82) is 0 Å². The van der Waals surface area contributed by atoms with Crippen LogP contribution in [0.15, 0.2) is 10.6 Å². The van der Waals surface area contributed by atoms with E-state index in [4.69, 9.17) is 4.52 Å².